The second-order valence-corrected chi connectivity index (χ2v) is 4.10. The Morgan fingerprint density at radius 1 is 1.33 bits per heavy atom. The fourth-order valence-electron chi connectivity index (χ4n) is 1.63. The van der Waals surface area contributed by atoms with E-state index in [9.17, 15) is 14.0 Å². The molecular formula is C15H12FN3O2. The first-order valence-electron chi connectivity index (χ1n) is 6.09. The number of amides is 1. The smallest absolute Gasteiger partial charge is 0.255 e. The van der Waals surface area contributed by atoms with Crippen LogP contribution in [0.15, 0.2) is 41.3 Å². The summed E-state index contributed by atoms with van der Waals surface area (Å²) < 4.78 is 13.5. The Kier molecular flexibility index (Phi) is 4.49. The van der Waals surface area contributed by atoms with E-state index in [2.05, 4.69) is 22.1 Å². The molecule has 1 aromatic heterocycles. The number of hydrogen-bond donors (Lipinski definition) is 3. The van der Waals surface area contributed by atoms with Crippen molar-refractivity contribution in [2.75, 3.05) is 11.9 Å². The molecule has 0 radical (unpaired) electrons. The standard InChI is InChI=1S/C15H12FN3O2/c16-13-4-3-12(8-10(13)2-1-6-17)19-15(21)11-5-7-18-14(20)9-11/h3-5,7-9H,6,17H2,(H,18,20)(H,19,21). The average Bonchev–Trinajstić information content (AvgIpc) is 2.47. The first-order chi connectivity index (χ1) is 10.1. The normalized spacial score (nSPS) is 9.62. The van der Waals surface area contributed by atoms with E-state index in [0.29, 0.717) is 5.69 Å². The zero-order valence-electron chi connectivity index (χ0n) is 10.9. The molecule has 6 heteroatoms. The number of halogens is 1. The largest absolute Gasteiger partial charge is 0.329 e. The summed E-state index contributed by atoms with van der Waals surface area (Å²) in [5.41, 5.74) is 5.59. The molecule has 0 atom stereocenters. The van der Waals surface area contributed by atoms with E-state index in [1.807, 2.05) is 0 Å². The van der Waals surface area contributed by atoms with E-state index in [-0.39, 0.29) is 23.2 Å². The molecule has 106 valence electrons. The summed E-state index contributed by atoms with van der Waals surface area (Å²) >= 11 is 0. The molecule has 1 heterocycles. The molecule has 1 amide bonds. The predicted octanol–water partition coefficient (Wildman–Crippen LogP) is 1.08. The third kappa shape index (κ3) is 3.78. The Bertz CT molecular complexity index is 787. The summed E-state index contributed by atoms with van der Waals surface area (Å²) in [5, 5.41) is 2.57. The van der Waals surface area contributed by atoms with Crippen LogP contribution in [0.5, 0.6) is 0 Å². The van der Waals surface area contributed by atoms with Gasteiger partial charge in [0.25, 0.3) is 5.91 Å². The molecule has 0 unspecified atom stereocenters. The summed E-state index contributed by atoms with van der Waals surface area (Å²) in [7, 11) is 0. The molecule has 5 nitrogen and oxygen atoms in total. The first kappa shape index (κ1) is 14.5. The van der Waals surface area contributed by atoms with E-state index < -0.39 is 11.7 Å². The van der Waals surface area contributed by atoms with Crippen LogP contribution in [0.1, 0.15) is 15.9 Å². The number of carbonyl (C=O) groups excluding carboxylic acids is 1. The Morgan fingerprint density at radius 2 is 2.14 bits per heavy atom. The van der Waals surface area contributed by atoms with Gasteiger partial charge in [0.05, 0.1) is 12.1 Å². The number of anilines is 1. The van der Waals surface area contributed by atoms with Crippen LogP contribution in [-0.2, 0) is 0 Å². The van der Waals surface area contributed by atoms with Crippen molar-refractivity contribution in [3.05, 3.63) is 63.8 Å². The van der Waals surface area contributed by atoms with E-state index in [1.165, 1.54) is 36.5 Å². The van der Waals surface area contributed by atoms with E-state index in [1.54, 1.807) is 0 Å². The Morgan fingerprint density at radius 3 is 2.86 bits per heavy atom. The molecule has 0 saturated carbocycles. The number of pyridine rings is 1. The Labute approximate surface area is 120 Å². The van der Waals surface area contributed by atoms with Crippen LogP contribution in [0.25, 0.3) is 0 Å². The van der Waals surface area contributed by atoms with Crippen molar-refractivity contribution >= 4 is 11.6 Å². The Balaban J connectivity index is 2.23. The number of rotatable bonds is 2. The number of H-pyrrole nitrogens is 1. The van der Waals surface area contributed by atoms with Gasteiger partial charge in [-0.2, -0.15) is 0 Å². The lowest BCUT2D eigenvalue weighted by atomic mass is 10.1. The van der Waals surface area contributed by atoms with Gasteiger partial charge in [0, 0.05) is 23.5 Å². The number of benzene rings is 1. The molecule has 0 aliphatic rings. The van der Waals surface area contributed by atoms with Crippen molar-refractivity contribution in [2.45, 2.75) is 0 Å². The zero-order chi connectivity index (χ0) is 15.2. The van der Waals surface area contributed by atoms with Crippen LogP contribution in [0, 0.1) is 17.7 Å². The maximum absolute atomic E-state index is 13.5. The van der Waals surface area contributed by atoms with Crippen LogP contribution in [-0.4, -0.2) is 17.4 Å². The molecule has 0 fully saturated rings. The lowest BCUT2D eigenvalue weighted by Gasteiger charge is -2.06. The predicted molar refractivity (Wildman–Crippen MR) is 77.3 cm³/mol. The quantitative estimate of drug-likeness (QED) is 0.721. The summed E-state index contributed by atoms with van der Waals surface area (Å²) in [4.78, 5) is 25.5. The third-order valence-corrected chi connectivity index (χ3v) is 2.59. The van der Waals surface area contributed by atoms with Gasteiger partial charge in [-0.05, 0) is 24.3 Å². The molecule has 0 spiro atoms. The van der Waals surface area contributed by atoms with Crippen LogP contribution in [0.3, 0.4) is 0 Å². The van der Waals surface area contributed by atoms with Crippen molar-refractivity contribution in [1.82, 2.24) is 4.98 Å². The summed E-state index contributed by atoms with van der Waals surface area (Å²) in [6.07, 6.45) is 1.38. The number of aromatic amines is 1. The highest BCUT2D eigenvalue weighted by Crippen LogP contribution is 2.14. The minimum Gasteiger partial charge on any atom is -0.329 e. The molecule has 21 heavy (non-hydrogen) atoms. The second-order valence-electron chi connectivity index (χ2n) is 4.10. The van der Waals surface area contributed by atoms with Crippen molar-refractivity contribution in [2.24, 2.45) is 5.73 Å². The lowest BCUT2D eigenvalue weighted by Crippen LogP contribution is -2.15. The molecular weight excluding hydrogens is 273 g/mol. The fourth-order valence-corrected chi connectivity index (χ4v) is 1.63. The highest BCUT2D eigenvalue weighted by molar-refractivity contribution is 6.04. The summed E-state index contributed by atoms with van der Waals surface area (Å²) in [6, 6.07) is 6.66. The van der Waals surface area contributed by atoms with Crippen LogP contribution < -0.4 is 16.6 Å². The van der Waals surface area contributed by atoms with Gasteiger partial charge in [-0.25, -0.2) is 4.39 Å². The van der Waals surface area contributed by atoms with Crippen molar-refractivity contribution < 1.29 is 9.18 Å². The van der Waals surface area contributed by atoms with Gasteiger partial charge < -0.3 is 16.0 Å². The summed E-state index contributed by atoms with van der Waals surface area (Å²) in [6.45, 7) is 0.114. The Hall–Kier alpha value is -2.91. The first-order valence-corrected chi connectivity index (χ1v) is 6.09. The second kappa shape index (κ2) is 6.50. The maximum atomic E-state index is 13.5. The minimum atomic E-state index is -0.495. The molecule has 0 aliphatic heterocycles. The van der Waals surface area contributed by atoms with Crippen molar-refractivity contribution in [3.8, 4) is 11.8 Å². The number of aromatic nitrogens is 1. The van der Waals surface area contributed by atoms with Gasteiger partial charge in [-0.15, -0.1) is 0 Å². The van der Waals surface area contributed by atoms with Gasteiger partial charge in [0.2, 0.25) is 5.56 Å². The highest BCUT2D eigenvalue weighted by atomic mass is 19.1. The van der Waals surface area contributed by atoms with Crippen LogP contribution >= 0.6 is 0 Å². The van der Waals surface area contributed by atoms with Crippen LogP contribution in [0.2, 0.25) is 0 Å². The van der Waals surface area contributed by atoms with E-state index in [0.717, 1.165) is 0 Å². The topological polar surface area (TPSA) is 88.0 Å². The van der Waals surface area contributed by atoms with Gasteiger partial charge >= 0.3 is 0 Å². The molecule has 2 aromatic rings. The molecule has 2 rings (SSSR count). The molecule has 4 N–H and O–H groups in total. The van der Waals surface area contributed by atoms with Crippen LogP contribution in [0.4, 0.5) is 10.1 Å². The van der Waals surface area contributed by atoms with Crippen molar-refractivity contribution in [1.29, 1.82) is 0 Å². The number of carbonyl (C=O) groups is 1. The monoisotopic (exact) mass is 285 g/mol. The van der Waals surface area contributed by atoms with Crippen molar-refractivity contribution in [3.63, 3.8) is 0 Å². The number of nitrogens with two attached hydrogens (primary N) is 1. The number of nitrogens with one attached hydrogen (secondary N) is 2. The third-order valence-electron chi connectivity index (χ3n) is 2.59. The lowest BCUT2D eigenvalue weighted by molar-refractivity contribution is 0.102. The highest BCUT2D eigenvalue weighted by Gasteiger charge is 2.08. The van der Waals surface area contributed by atoms with Gasteiger partial charge in [0.15, 0.2) is 0 Å². The average molecular weight is 285 g/mol. The summed E-state index contributed by atoms with van der Waals surface area (Å²) in [5.74, 6) is 4.16. The van der Waals surface area contributed by atoms with Gasteiger partial charge in [0.1, 0.15) is 5.82 Å². The van der Waals surface area contributed by atoms with E-state index >= 15 is 0 Å². The SMILES string of the molecule is NCC#Cc1cc(NC(=O)c2cc[nH]c(=O)c2)ccc1F. The molecule has 0 saturated heterocycles. The molecule has 0 bridgehead atoms. The maximum Gasteiger partial charge on any atom is 0.255 e. The van der Waals surface area contributed by atoms with Gasteiger partial charge in [-0.3, -0.25) is 9.59 Å². The van der Waals surface area contributed by atoms with Gasteiger partial charge in [-0.1, -0.05) is 11.8 Å². The number of hydrogen-bond acceptors (Lipinski definition) is 3. The molecule has 0 aliphatic carbocycles. The minimum absolute atomic E-state index is 0.114. The van der Waals surface area contributed by atoms with E-state index in [4.69, 9.17) is 5.73 Å². The zero-order valence-corrected chi connectivity index (χ0v) is 10.9. The fraction of sp³-hybridized carbons (Fsp3) is 0.0667. The molecule has 1 aromatic carbocycles.